The standard InChI is InChI=1S/C16H18FN5O3/c17-12-9-11(21-7-4-18-5-8-21)1-2-13(12)19-15(24)10-22-6-3-14(23)20-16(22)25/h1-3,6,9,18H,4-5,7-8,10H2,(H,19,24)(H,20,23,25). The fourth-order valence-corrected chi connectivity index (χ4v) is 2.64. The second-order valence-corrected chi connectivity index (χ2v) is 5.69. The van der Waals surface area contributed by atoms with Crippen molar-refractivity contribution in [3.63, 3.8) is 0 Å². The van der Waals surface area contributed by atoms with Crippen LogP contribution in [-0.4, -0.2) is 41.6 Å². The highest BCUT2D eigenvalue weighted by Gasteiger charge is 2.14. The average molecular weight is 347 g/mol. The fraction of sp³-hybridized carbons (Fsp3) is 0.312. The number of carbonyl (C=O) groups is 1. The Labute approximate surface area is 142 Å². The molecule has 0 radical (unpaired) electrons. The van der Waals surface area contributed by atoms with E-state index in [4.69, 9.17) is 0 Å². The van der Waals surface area contributed by atoms with E-state index in [0.717, 1.165) is 42.5 Å². The molecule has 0 atom stereocenters. The van der Waals surface area contributed by atoms with Gasteiger partial charge in [0.15, 0.2) is 0 Å². The first-order valence-electron chi connectivity index (χ1n) is 7.88. The van der Waals surface area contributed by atoms with Gasteiger partial charge in [-0.1, -0.05) is 0 Å². The number of carbonyl (C=O) groups excluding carboxylic acids is 1. The molecular weight excluding hydrogens is 329 g/mol. The van der Waals surface area contributed by atoms with Gasteiger partial charge in [-0.05, 0) is 18.2 Å². The molecule has 9 heteroatoms. The van der Waals surface area contributed by atoms with E-state index in [-0.39, 0.29) is 12.2 Å². The number of hydrogen-bond acceptors (Lipinski definition) is 5. The van der Waals surface area contributed by atoms with E-state index < -0.39 is 23.0 Å². The van der Waals surface area contributed by atoms with Crippen molar-refractivity contribution in [2.24, 2.45) is 0 Å². The number of hydrogen-bond donors (Lipinski definition) is 3. The number of nitrogens with zero attached hydrogens (tertiary/aromatic N) is 2. The molecule has 1 fully saturated rings. The molecule has 1 amide bonds. The van der Waals surface area contributed by atoms with Crippen LogP contribution in [0.2, 0.25) is 0 Å². The molecule has 1 aliphatic heterocycles. The lowest BCUT2D eigenvalue weighted by molar-refractivity contribution is -0.116. The van der Waals surface area contributed by atoms with Crippen molar-refractivity contribution in [3.8, 4) is 0 Å². The third-order valence-corrected chi connectivity index (χ3v) is 3.92. The summed E-state index contributed by atoms with van der Waals surface area (Å²) in [6, 6.07) is 5.76. The van der Waals surface area contributed by atoms with Crippen LogP contribution in [-0.2, 0) is 11.3 Å². The van der Waals surface area contributed by atoms with Gasteiger partial charge in [-0.25, -0.2) is 9.18 Å². The molecule has 1 aliphatic rings. The Morgan fingerprint density at radius 3 is 2.64 bits per heavy atom. The van der Waals surface area contributed by atoms with Crippen LogP contribution < -0.4 is 26.8 Å². The molecule has 3 rings (SSSR count). The third-order valence-electron chi connectivity index (χ3n) is 3.92. The lowest BCUT2D eigenvalue weighted by Gasteiger charge is -2.29. The number of benzene rings is 1. The van der Waals surface area contributed by atoms with Crippen LogP contribution in [0.1, 0.15) is 0 Å². The molecule has 132 valence electrons. The monoisotopic (exact) mass is 347 g/mol. The largest absolute Gasteiger partial charge is 0.369 e. The Morgan fingerprint density at radius 2 is 1.96 bits per heavy atom. The lowest BCUT2D eigenvalue weighted by Crippen LogP contribution is -2.43. The summed E-state index contributed by atoms with van der Waals surface area (Å²) in [5.41, 5.74) is -0.441. The third kappa shape index (κ3) is 4.13. The Kier molecular flexibility index (Phi) is 4.94. The van der Waals surface area contributed by atoms with E-state index >= 15 is 0 Å². The summed E-state index contributed by atoms with van der Waals surface area (Å²) in [4.78, 5) is 38.7. The summed E-state index contributed by atoms with van der Waals surface area (Å²) >= 11 is 0. The van der Waals surface area contributed by atoms with Gasteiger partial charge in [0.25, 0.3) is 5.56 Å². The number of rotatable bonds is 4. The maximum Gasteiger partial charge on any atom is 0.328 e. The van der Waals surface area contributed by atoms with Crippen molar-refractivity contribution >= 4 is 17.3 Å². The van der Waals surface area contributed by atoms with Crippen LogP contribution >= 0.6 is 0 Å². The Balaban J connectivity index is 1.68. The zero-order chi connectivity index (χ0) is 17.8. The molecule has 0 saturated carbocycles. The van der Waals surface area contributed by atoms with Gasteiger partial charge in [0.2, 0.25) is 5.91 Å². The topological polar surface area (TPSA) is 99.2 Å². The molecule has 25 heavy (non-hydrogen) atoms. The second-order valence-electron chi connectivity index (χ2n) is 5.69. The molecule has 3 N–H and O–H groups in total. The van der Waals surface area contributed by atoms with Crippen molar-refractivity contribution < 1.29 is 9.18 Å². The second kappa shape index (κ2) is 7.31. The van der Waals surface area contributed by atoms with Crippen LogP contribution in [0, 0.1) is 5.82 Å². The van der Waals surface area contributed by atoms with Gasteiger partial charge in [-0.3, -0.25) is 19.1 Å². The smallest absolute Gasteiger partial charge is 0.328 e. The summed E-state index contributed by atoms with van der Waals surface area (Å²) in [6.45, 7) is 2.94. The Morgan fingerprint density at radius 1 is 1.20 bits per heavy atom. The normalized spacial score (nSPS) is 14.4. The van der Waals surface area contributed by atoms with Gasteiger partial charge < -0.3 is 15.5 Å². The van der Waals surface area contributed by atoms with Crippen LogP contribution in [0.5, 0.6) is 0 Å². The van der Waals surface area contributed by atoms with Crippen molar-refractivity contribution in [2.45, 2.75) is 6.54 Å². The number of halogens is 1. The predicted octanol–water partition coefficient (Wildman–Crippen LogP) is -0.276. The fourth-order valence-electron chi connectivity index (χ4n) is 2.64. The molecule has 2 aromatic rings. The van der Waals surface area contributed by atoms with Crippen molar-refractivity contribution in [3.05, 3.63) is 57.1 Å². The van der Waals surface area contributed by atoms with E-state index in [1.54, 1.807) is 6.07 Å². The minimum atomic E-state index is -0.697. The SMILES string of the molecule is O=C(Cn1ccc(=O)[nH]c1=O)Nc1ccc(N2CCNCC2)cc1F. The zero-order valence-corrected chi connectivity index (χ0v) is 13.4. The number of anilines is 2. The average Bonchev–Trinajstić information content (AvgIpc) is 2.60. The minimum Gasteiger partial charge on any atom is -0.369 e. The molecule has 1 aromatic heterocycles. The summed E-state index contributed by atoms with van der Waals surface area (Å²) in [6.07, 6.45) is 1.21. The summed E-state index contributed by atoms with van der Waals surface area (Å²) in [7, 11) is 0. The first-order chi connectivity index (χ1) is 12.0. The molecule has 8 nitrogen and oxygen atoms in total. The Bertz CT molecular complexity index is 886. The summed E-state index contributed by atoms with van der Waals surface area (Å²) in [5.74, 6) is -1.11. The van der Waals surface area contributed by atoms with E-state index in [1.807, 2.05) is 0 Å². The van der Waals surface area contributed by atoms with Crippen LogP contribution in [0.15, 0.2) is 40.1 Å². The highest BCUT2D eigenvalue weighted by Crippen LogP contribution is 2.22. The van der Waals surface area contributed by atoms with E-state index in [9.17, 15) is 18.8 Å². The van der Waals surface area contributed by atoms with Gasteiger partial charge >= 0.3 is 5.69 Å². The first kappa shape index (κ1) is 16.9. The number of nitrogens with one attached hydrogen (secondary N) is 3. The van der Waals surface area contributed by atoms with Crippen molar-refractivity contribution in [2.75, 3.05) is 36.4 Å². The van der Waals surface area contributed by atoms with E-state index in [1.165, 1.54) is 18.3 Å². The molecule has 0 bridgehead atoms. The first-order valence-corrected chi connectivity index (χ1v) is 7.88. The van der Waals surface area contributed by atoms with Crippen LogP contribution in [0.25, 0.3) is 0 Å². The van der Waals surface area contributed by atoms with Gasteiger partial charge in [-0.2, -0.15) is 0 Å². The van der Waals surface area contributed by atoms with E-state index in [0.29, 0.717) is 0 Å². The summed E-state index contributed by atoms with van der Waals surface area (Å²) < 4.78 is 15.3. The molecule has 0 spiro atoms. The van der Waals surface area contributed by atoms with Gasteiger partial charge in [-0.15, -0.1) is 0 Å². The van der Waals surface area contributed by atoms with E-state index in [2.05, 4.69) is 20.5 Å². The molecule has 0 aliphatic carbocycles. The number of H-pyrrole nitrogens is 1. The highest BCUT2D eigenvalue weighted by atomic mass is 19.1. The molecule has 2 heterocycles. The number of amides is 1. The van der Waals surface area contributed by atoms with Crippen molar-refractivity contribution in [1.29, 1.82) is 0 Å². The number of piperazine rings is 1. The van der Waals surface area contributed by atoms with Gasteiger partial charge in [0.05, 0.1) is 5.69 Å². The molecule has 0 unspecified atom stereocenters. The number of aromatic amines is 1. The maximum atomic E-state index is 14.3. The quantitative estimate of drug-likeness (QED) is 0.707. The van der Waals surface area contributed by atoms with Crippen LogP contribution in [0.3, 0.4) is 0 Å². The van der Waals surface area contributed by atoms with Crippen LogP contribution in [0.4, 0.5) is 15.8 Å². The van der Waals surface area contributed by atoms with Crippen molar-refractivity contribution in [1.82, 2.24) is 14.9 Å². The predicted molar refractivity (Wildman–Crippen MR) is 91.4 cm³/mol. The molecule has 1 saturated heterocycles. The molecular formula is C16H18FN5O3. The number of aromatic nitrogens is 2. The highest BCUT2D eigenvalue weighted by molar-refractivity contribution is 5.90. The molecule has 1 aromatic carbocycles. The Hall–Kier alpha value is -2.94. The summed E-state index contributed by atoms with van der Waals surface area (Å²) in [5, 5.41) is 5.66. The van der Waals surface area contributed by atoms with Gasteiger partial charge in [0.1, 0.15) is 12.4 Å². The minimum absolute atomic E-state index is 0.0429. The zero-order valence-electron chi connectivity index (χ0n) is 13.4. The lowest BCUT2D eigenvalue weighted by atomic mass is 10.2. The van der Waals surface area contributed by atoms with Gasteiger partial charge in [0, 0.05) is 44.1 Å². The maximum absolute atomic E-state index is 14.3.